The fraction of sp³-hybridized carbons (Fsp3) is 0.778. The highest BCUT2D eigenvalue weighted by Crippen LogP contribution is 2.10. The second-order valence-electron chi connectivity index (χ2n) is 4.16. The number of nitrogens with zero attached hydrogens (tertiary/aromatic N) is 3. The molecular formula is C9H16N4O2S. The molecule has 1 aromatic heterocycles. The monoisotopic (exact) mass is 244 g/mol. The Balaban J connectivity index is 1.75. The van der Waals surface area contributed by atoms with Crippen molar-refractivity contribution in [1.82, 2.24) is 20.1 Å². The maximum Gasteiger partial charge on any atom is 0.151 e. The quantitative estimate of drug-likeness (QED) is 0.745. The number of aromatic nitrogens is 3. The molecule has 1 aromatic rings. The number of hydrogen-bond donors (Lipinski definition) is 1. The van der Waals surface area contributed by atoms with Crippen LogP contribution in [0.3, 0.4) is 0 Å². The van der Waals surface area contributed by atoms with Gasteiger partial charge in [0, 0.05) is 26.1 Å². The van der Waals surface area contributed by atoms with Crippen LogP contribution in [0.4, 0.5) is 0 Å². The molecule has 1 atom stereocenters. The Kier molecular flexibility index (Phi) is 3.25. The minimum Gasteiger partial charge on any atom is -0.321 e. The zero-order valence-electron chi connectivity index (χ0n) is 9.26. The lowest BCUT2D eigenvalue weighted by atomic mass is 10.2. The zero-order valence-corrected chi connectivity index (χ0v) is 10.1. The molecule has 2 rings (SSSR count). The van der Waals surface area contributed by atoms with Gasteiger partial charge in [0.1, 0.15) is 12.2 Å². The van der Waals surface area contributed by atoms with Gasteiger partial charge in [-0.3, -0.25) is 0 Å². The molecule has 1 aliphatic heterocycles. The second kappa shape index (κ2) is 4.50. The van der Waals surface area contributed by atoms with Crippen molar-refractivity contribution < 1.29 is 8.42 Å². The van der Waals surface area contributed by atoms with Crippen LogP contribution in [0.1, 0.15) is 12.2 Å². The van der Waals surface area contributed by atoms with Gasteiger partial charge in [-0.25, -0.2) is 8.42 Å². The first-order valence-corrected chi connectivity index (χ1v) is 7.16. The molecule has 90 valence electrons. The van der Waals surface area contributed by atoms with E-state index >= 15 is 0 Å². The Morgan fingerprint density at radius 1 is 1.62 bits per heavy atom. The van der Waals surface area contributed by atoms with Crippen molar-refractivity contribution in [2.45, 2.75) is 18.9 Å². The Hall–Kier alpha value is -0.950. The van der Waals surface area contributed by atoms with Gasteiger partial charge in [-0.2, -0.15) is 0 Å². The summed E-state index contributed by atoms with van der Waals surface area (Å²) in [5, 5.41) is 11.0. The average molecular weight is 244 g/mol. The summed E-state index contributed by atoms with van der Waals surface area (Å²) >= 11 is 0. The summed E-state index contributed by atoms with van der Waals surface area (Å²) in [7, 11) is -0.885. The SMILES string of the molecule is Cn1cnnc1CCNC1CCS(=O)(=O)C1. The highest BCUT2D eigenvalue weighted by molar-refractivity contribution is 7.91. The largest absolute Gasteiger partial charge is 0.321 e. The van der Waals surface area contributed by atoms with Gasteiger partial charge in [0.05, 0.1) is 11.5 Å². The van der Waals surface area contributed by atoms with E-state index in [4.69, 9.17) is 0 Å². The molecule has 0 aromatic carbocycles. The van der Waals surface area contributed by atoms with Crippen LogP contribution in [0, 0.1) is 0 Å². The summed E-state index contributed by atoms with van der Waals surface area (Å²) < 4.78 is 24.3. The molecule has 0 radical (unpaired) electrons. The molecule has 6 nitrogen and oxygen atoms in total. The summed E-state index contributed by atoms with van der Waals surface area (Å²) in [6.45, 7) is 0.743. The summed E-state index contributed by atoms with van der Waals surface area (Å²) in [4.78, 5) is 0. The summed E-state index contributed by atoms with van der Waals surface area (Å²) in [5.41, 5.74) is 0. The van der Waals surface area contributed by atoms with Crippen LogP contribution in [0.15, 0.2) is 6.33 Å². The van der Waals surface area contributed by atoms with Crippen LogP contribution in [-0.4, -0.2) is 47.3 Å². The number of sulfone groups is 1. The van der Waals surface area contributed by atoms with E-state index in [2.05, 4.69) is 15.5 Å². The Labute approximate surface area is 95.0 Å². The van der Waals surface area contributed by atoms with Crippen LogP contribution in [0.2, 0.25) is 0 Å². The van der Waals surface area contributed by atoms with Crippen LogP contribution in [-0.2, 0) is 23.3 Å². The van der Waals surface area contributed by atoms with E-state index in [0.29, 0.717) is 5.75 Å². The highest BCUT2D eigenvalue weighted by Gasteiger charge is 2.27. The standard InChI is InChI=1S/C9H16N4O2S/c1-13-7-11-12-9(13)2-4-10-8-3-5-16(14,15)6-8/h7-8,10H,2-6H2,1H3. The second-order valence-corrected chi connectivity index (χ2v) is 6.39. The summed E-state index contributed by atoms with van der Waals surface area (Å²) in [5.74, 6) is 1.49. The van der Waals surface area contributed by atoms with Crippen molar-refractivity contribution >= 4 is 9.84 Å². The molecule has 1 unspecified atom stereocenters. The van der Waals surface area contributed by atoms with Crippen LogP contribution in [0.5, 0.6) is 0 Å². The fourth-order valence-electron chi connectivity index (χ4n) is 1.88. The maximum atomic E-state index is 11.2. The lowest BCUT2D eigenvalue weighted by Gasteiger charge is -2.09. The molecule has 0 saturated carbocycles. The molecule has 0 spiro atoms. The third kappa shape index (κ3) is 2.79. The lowest BCUT2D eigenvalue weighted by Crippen LogP contribution is -2.32. The maximum absolute atomic E-state index is 11.2. The minimum absolute atomic E-state index is 0.109. The van der Waals surface area contributed by atoms with Gasteiger partial charge in [0.25, 0.3) is 0 Å². The van der Waals surface area contributed by atoms with Crippen molar-refractivity contribution in [2.75, 3.05) is 18.1 Å². The lowest BCUT2D eigenvalue weighted by molar-refractivity contribution is 0.547. The van der Waals surface area contributed by atoms with Gasteiger partial charge in [0.2, 0.25) is 0 Å². The molecule has 16 heavy (non-hydrogen) atoms. The van der Waals surface area contributed by atoms with E-state index < -0.39 is 9.84 Å². The van der Waals surface area contributed by atoms with E-state index in [1.807, 2.05) is 11.6 Å². The Morgan fingerprint density at radius 2 is 2.44 bits per heavy atom. The number of aryl methyl sites for hydroxylation is 1. The number of rotatable bonds is 4. The molecule has 7 heteroatoms. The Morgan fingerprint density at radius 3 is 3.00 bits per heavy atom. The van der Waals surface area contributed by atoms with Crippen molar-refractivity contribution in [3.05, 3.63) is 12.2 Å². The average Bonchev–Trinajstić information content (AvgIpc) is 2.74. The first kappa shape index (κ1) is 11.5. The van der Waals surface area contributed by atoms with Crippen molar-refractivity contribution in [3.8, 4) is 0 Å². The van der Waals surface area contributed by atoms with Crippen LogP contribution < -0.4 is 5.32 Å². The Bertz CT molecular complexity index is 454. The topological polar surface area (TPSA) is 76.9 Å². The summed E-state index contributed by atoms with van der Waals surface area (Å²) in [6, 6.07) is 0.109. The van der Waals surface area contributed by atoms with Crippen molar-refractivity contribution in [3.63, 3.8) is 0 Å². The predicted octanol–water partition coefficient (Wildman–Crippen LogP) is -0.866. The van der Waals surface area contributed by atoms with Gasteiger partial charge in [-0.1, -0.05) is 0 Å². The molecule has 0 aliphatic carbocycles. The molecule has 1 aliphatic rings. The molecule has 0 amide bonds. The van der Waals surface area contributed by atoms with E-state index in [1.165, 1.54) is 0 Å². The first-order chi connectivity index (χ1) is 7.57. The number of nitrogens with one attached hydrogen (secondary N) is 1. The van der Waals surface area contributed by atoms with Gasteiger partial charge in [-0.05, 0) is 6.42 Å². The molecule has 0 bridgehead atoms. The van der Waals surface area contributed by atoms with E-state index in [1.54, 1.807) is 6.33 Å². The predicted molar refractivity (Wildman–Crippen MR) is 59.8 cm³/mol. The first-order valence-electron chi connectivity index (χ1n) is 5.33. The highest BCUT2D eigenvalue weighted by atomic mass is 32.2. The molecule has 1 fully saturated rings. The van der Waals surface area contributed by atoms with Crippen LogP contribution in [0.25, 0.3) is 0 Å². The third-order valence-electron chi connectivity index (χ3n) is 2.82. The van der Waals surface area contributed by atoms with Crippen molar-refractivity contribution in [2.24, 2.45) is 7.05 Å². The molecule has 1 N–H and O–H groups in total. The van der Waals surface area contributed by atoms with Crippen LogP contribution >= 0.6 is 0 Å². The van der Waals surface area contributed by atoms with Gasteiger partial charge in [-0.15, -0.1) is 10.2 Å². The molecule has 1 saturated heterocycles. The van der Waals surface area contributed by atoms with Gasteiger partial charge >= 0.3 is 0 Å². The molecular weight excluding hydrogens is 228 g/mol. The van der Waals surface area contributed by atoms with E-state index in [-0.39, 0.29) is 11.8 Å². The normalized spacial score (nSPS) is 23.7. The summed E-state index contributed by atoms with van der Waals surface area (Å²) in [6.07, 6.45) is 3.16. The third-order valence-corrected chi connectivity index (χ3v) is 4.59. The van der Waals surface area contributed by atoms with Crippen molar-refractivity contribution in [1.29, 1.82) is 0 Å². The van der Waals surface area contributed by atoms with Gasteiger partial charge < -0.3 is 9.88 Å². The zero-order chi connectivity index (χ0) is 11.6. The molecule has 2 heterocycles. The van der Waals surface area contributed by atoms with E-state index in [9.17, 15) is 8.42 Å². The van der Waals surface area contributed by atoms with Gasteiger partial charge in [0.15, 0.2) is 9.84 Å². The number of hydrogen-bond acceptors (Lipinski definition) is 5. The smallest absolute Gasteiger partial charge is 0.151 e. The van der Waals surface area contributed by atoms with E-state index in [0.717, 1.165) is 25.2 Å². The minimum atomic E-state index is -2.78. The fourth-order valence-corrected chi connectivity index (χ4v) is 3.59.